The Labute approximate surface area is 124 Å². The van der Waals surface area contributed by atoms with E-state index in [1.165, 1.54) is 32.1 Å². The first-order valence-electron chi connectivity index (χ1n) is 7.35. The summed E-state index contributed by atoms with van der Waals surface area (Å²) in [7, 11) is 0. The molecule has 1 saturated heterocycles. The second-order valence-electron chi connectivity index (χ2n) is 5.82. The molecule has 0 unspecified atom stereocenters. The summed E-state index contributed by atoms with van der Waals surface area (Å²) in [5.74, 6) is 1.88. The Morgan fingerprint density at radius 1 is 1.30 bits per heavy atom. The molecule has 0 amide bonds. The van der Waals surface area contributed by atoms with Gasteiger partial charge in [-0.25, -0.2) is 9.97 Å². The number of aryl methyl sites for hydroxylation is 1. The lowest BCUT2D eigenvalue weighted by molar-refractivity contribution is 0.389. The molecule has 2 heterocycles. The third-order valence-corrected chi connectivity index (χ3v) is 5.79. The lowest BCUT2D eigenvalue weighted by Gasteiger charge is -2.44. The van der Waals surface area contributed by atoms with Crippen LogP contribution in [-0.4, -0.2) is 33.6 Å². The first-order chi connectivity index (χ1) is 9.71. The van der Waals surface area contributed by atoms with Crippen LogP contribution in [0, 0.1) is 18.3 Å². The highest BCUT2D eigenvalue weighted by Gasteiger charge is 2.38. The highest BCUT2D eigenvalue weighted by atomic mass is 32.2. The van der Waals surface area contributed by atoms with Crippen LogP contribution in [0.3, 0.4) is 0 Å². The van der Waals surface area contributed by atoms with Gasteiger partial charge in [0.1, 0.15) is 11.8 Å². The van der Waals surface area contributed by atoms with Gasteiger partial charge in [-0.3, -0.25) is 0 Å². The molecule has 1 aromatic heterocycles. The smallest absolute Gasteiger partial charge is 0.226 e. The monoisotopic (exact) mass is 288 g/mol. The van der Waals surface area contributed by atoms with Gasteiger partial charge in [0, 0.05) is 29.3 Å². The topological polar surface area (TPSA) is 52.8 Å². The molecule has 0 atom stereocenters. The van der Waals surface area contributed by atoms with Crippen LogP contribution < -0.4 is 4.90 Å². The van der Waals surface area contributed by atoms with Gasteiger partial charge in [-0.1, -0.05) is 19.3 Å². The number of anilines is 1. The summed E-state index contributed by atoms with van der Waals surface area (Å²) in [4.78, 5) is 11.2. The third kappa shape index (κ3) is 2.76. The summed E-state index contributed by atoms with van der Waals surface area (Å²) in [5, 5.41) is 9.06. The van der Waals surface area contributed by atoms with Crippen molar-refractivity contribution in [2.24, 2.45) is 0 Å². The van der Waals surface area contributed by atoms with E-state index < -0.39 is 0 Å². The number of nitrogens with zero attached hydrogens (tertiary/aromatic N) is 4. The molecule has 3 rings (SSSR count). The zero-order chi connectivity index (χ0) is 14.0. The Balaban J connectivity index is 1.83. The number of hydrogen-bond donors (Lipinski definition) is 0. The standard InChI is InChI=1S/C15H20N4S/c1-12-9-13(10-16)18-14(17-12)19-7-8-20-15(11-19)5-3-2-4-6-15/h9H,2-8,11H2,1H3. The van der Waals surface area contributed by atoms with E-state index in [4.69, 9.17) is 5.26 Å². The van der Waals surface area contributed by atoms with E-state index in [9.17, 15) is 0 Å². The molecule has 1 saturated carbocycles. The number of aromatic nitrogens is 2. The Hall–Kier alpha value is -1.28. The Morgan fingerprint density at radius 3 is 2.85 bits per heavy atom. The Morgan fingerprint density at radius 2 is 2.10 bits per heavy atom. The number of nitriles is 1. The minimum Gasteiger partial charge on any atom is -0.339 e. The number of rotatable bonds is 1. The molecule has 1 aliphatic heterocycles. The van der Waals surface area contributed by atoms with Crippen LogP contribution in [0.4, 0.5) is 5.95 Å². The van der Waals surface area contributed by atoms with Gasteiger partial charge in [0.2, 0.25) is 5.95 Å². The number of thioether (sulfide) groups is 1. The molecular formula is C15H20N4S. The van der Waals surface area contributed by atoms with Crippen molar-refractivity contribution in [1.29, 1.82) is 5.26 Å². The fourth-order valence-corrected chi connectivity index (χ4v) is 4.83. The third-order valence-electron chi connectivity index (χ3n) is 4.25. The predicted octanol–water partition coefficient (Wildman–Crippen LogP) is 2.91. The molecule has 0 N–H and O–H groups in total. The average molecular weight is 288 g/mol. The molecule has 0 bridgehead atoms. The van der Waals surface area contributed by atoms with Gasteiger partial charge in [0.15, 0.2) is 0 Å². The van der Waals surface area contributed by atoms with Crippen LogP contribution >= 0.6 is 11.8 Å². The van der Waals surface area contributed by atoms with Crippen molar-refractivity contribution < 1.29 is 0 Å². The maximum Gasteiger partial charge on any atom is 0.226 e. The first kappa shape index (κ1) is 13.7. The van der Waals surface area contributed by atoms with Crippen LogP contribution in [-0.2, 0) is 0 Å². The van der Waals surface area contributed by atoms with Crippen molar-refractivity contribution in [3.8, 4) is 6.07 Å². The van der Waals surface area contributed by atoms with Gasteiger partial charge in [-0.05, 0) is 25.8 Å². The molecule has 1 aromatic rings. The summed E-state index contributed by atoms with van der Waals surface area (Å²) in [5.41, 5.74) is 1.35. The Bertz CT molecular complexity index is 526. The van der Waals surface area contributed by atoms with E-state index in [0.717, 1.165) is 30.5 Å². The molecule has 1 aliphatic carbocycles. The number of hydrogen-bond acceptors (Lipinski definition) is 5. The summed E-state index contributed by atoms with van der Waals surface area (Å²) in [6, 6.07) is 3.88. The molecule has 1 spiro atoms. The lowest BCUT2D eigenvalue weighted by atomic mass is 9.87. The van der Waals surface area contributed by atoms with Gasteiger partial charge in [0.25, 0.3) is 0 Å². The second-order valence-corrected chi connectivity index (χ2v) is 7.38. The zero-order valence-corrected chi connectivity index (χ0v) is 12.7. The molecule has 0 radical (unpaired) electrons. The highest BCUT2D eigenvalue weighted by Crippen LogP contribution is 2.43. The van der Waals surface area contributed by atoms with Crippen LogP contribution in [0.2, 0.25) is 0 Å². The van der Waals surface area contributed by atoms with E-state index in [-0.39, 0.29) is 0 Å². The summed E-state index contributed by atoms with van der Waals surface area (Å²) < 4.78 is 0.399. The molecule has 2 aliphatic rings. The summed E-state index contributed by atoms with van der Waals surface area (Å²) in [6.45, 7) is 3.95. The quantitative estimate of drug-likeness (QED) is 0.795. The summed E-state index contributed by atoms with van der Waals surface area (Å²) in [6.07, 6.45) is 6.69. The van der Waals surface area contributed by atoms with E-state index in [2.05, 4.69) is 32.7 Å². The normalized spacial score (nSPS) is 21.7. The summed E-state index contributed by atoms with van der Waals surface area (Å²) >= 11 is 2.14. The second kappa shape index (κ2) is 5.61. The van der Waals surface area contributed by atoms with E-state index in [1.807, 2.05) is 6.92 Å². The highest BCUT2D eigenvalue weighted by molar-refractivity contribution is 8.00. The van der Waals surface area contributed by atoms with Crippen molar-refractivity contribution in [3.05, 3.63) is 17.5 Å². The largest absolute Gasteiger partial charge is 0.339 e. The SMILES string of the molecule is Cc1cc(C#N)nc(N2CCSC3(CCCCC3)C2)n1. The maximum absolute atomic E-state index is 9.06. The molecule has 20 heavy (non-hydrogen) atoms. The van der Waals surface area contributed by atoms with Crippen molar-refractivity contribution >= 4 is 17.7 Å². The van der Waals surface area contributed by atoms with Crippen molar-refractivity contribution in [2.45, 2.75) is 43.8 Å². The molecule has 0 aromatic carbocycles. The Kier molecular flexibility index (Phi) is 3.84. The molecule has 2 fully saturated rings. The van der Waals surface area contributed by atoms with Crippen molar-refractivity contribution in [1.82, 2.24) is 9.97 Å². The molecule has 5 heteroatoms. The van der Waals surface area contributed by atoms with Crippen molar-refractivity contribution in [3.63, 3.8) is 0 Å². The maximum atomic E-state index is 9.06. The lowest BCUT2D eigenvalue weighted by Crippen LogP contribution is -2.48. The van der Waals surface area contributed by atoms with Crippen molar-refractivity contribution in [2.75, 3.05) is 23.7 Å². The predicted molar refractivity (Wildman–Crippen MR) is 82.0 cm³/mol. The molecular weight excluding hydrogens is 268 g/mol. The van der Waals surface area contributed by atoms with Crippen LogP contribution in [0.5, 0.6) is 0 Å². The van der Waals surface area contributed by atoms with E-state index in [0.29, 0.717) is 10.4 Å². The van der Waals surface area contributed by atoms with Gasteiger partial charge in [-0.2, -0.15) is 17.0 Å². The van der Waals surface area contributed by atoms with Gasteiger partial charge in [-0.15, -0.1) is 0 Å². The van der Waals surface area contributed by atoms with Gasteiger partial charge < -0.3 is 4.90 Å². The van der Waals surface area contributed by atoms with Crippen LogP contribution in [0.25, 0.3) is 0 Å². The average Bonchev–Trinajstić information content (AvgIpc) is 2.47. The zero-order valence-electron chi connectivity index (χ0n) is 11.9. The van der Waals surface area contributed by atoms with E-state index >= 15 is 0 Å². The van der Waals surface area contributed by atoms with Crippen LogP contribution in [0.15, 0.2) is 6.07 Å². The fraction of sp³-hybridized carbons (Fsp3) is 0.667. The van der Waals surface area contributed by atoms with Gasteiger partial charge >= 0.3 is 0 Å². The fourth-order valence-electron chi connectivity index (χ4n) is 3.27. The molecule has 106 valence electrons. The minimum atomic E-state index is 0.399. The van der Waals surface area contributed by atoms with Crippen LogP contribution in [0.1, 0.15) is 43.5 Å². The first-order valence-corrected chi connectivity index (χ1v) is 8.34. The molecule has 4 nitrogen and oxygen atoms in total. The van der Waals surface area contributed by atoms with E-state index in [1.54, 1.807) is 6.07 Å². The minimum absolute atomic E-state index is 0.399. The van der Waals surface area contributed by atoms with Gasteiger partial charge in [0.05, 0.1) is 0 Å².